The summed E-state index contributed by atoms with van der Waals surface area (Å²) in [5.41, 5.74) is 0.199. The smallest absolute Gasteiger partial charge is 0.332 e. The van der Waals surface area contributed by atoms with E-state index in [9.17, 15) is 19.2 Å². The van der Waals surface area contributed by atoms with Crippen molar-refractivity contribution in [2.45, 2.75) is 39.8 Å². The first kappa shape index (κ1) is 25.0. The van der Waals surface area contributed by atoms with Gasteiger partial charge in [0.05, 0.1) is 12.2 Å². The minimum absolute atomic E-state index is 0.0675. The number of anilines is 2. The average molecular weight is 518 g/mol. The van der Waals surface area contributed by atoms with Gasteiger partial charge in [-0.3, -0.25) is 23.5 Å². The zero-order valence-corrected chi connectivity index (χ0v) is 21.3. The van der Waals surface area contributed by atoms with E-state index in [2.05, 4.69) is 30.2 Å². The number of fused-ring (bicyclic) bond motifs is 1. The number of nitrogens with one attached hydrogen (secondary N) is 1. The van der Waals surface area contributed by atoms with Crippen LogP contribution in [0.5, 0.6) is 0 Å². The predicted octanol–water partition coefficient (Wildman–Crippen LogP) is 0.885. The lowest BCUT2D eigenvalue weighted by Crippen LogP contribution is -2.41. The Labute approximate surface area is 216 Å². The highest BCUT2D eigenvalue weighted by Gasteiger charge is 2.21. The highest BCUT2D eigenvalue weighted by atomic mass is 16.2. The third kappa shape index (κ3) is 4.69. The normalized spacial score (nSPS) is 13.3. The molecule has 0 spiro atoms. The van der Waals surface area contributed by atoms with Crippen LogP contribution in [0.3, 0.4) is 0 Å². The number of carbonyl (C=O) groups excluding carboxylic acids is 2. The van der Waals surface area contributed by atoms with E-state index in [-0.39, 0.29) is 30.0 Å². The Balaban J connectivity index is 1.38. The van der Waals surface area contributed by atoms with E-state index in [1.165, 1.54) is 23.1 Å². The number of aromatic nitrogens is 7. The summed E-state index contributed by atoms with van der Waals surface area (Å²) in [6, 6.07) is 5.22. The first-order valence-electron chi connectivity index (χ1n) is 12.2. The summed E-state index contributed by atoms with van der Waals surface area (Å²) < 4.78 is 3.48. The lowest BCUT2D eigenvalue weighted by atomic mass is 10.2. The molecule has 1 fully saturated rings. The van der Waals surface area contributed by atoms with Gasteiger partial charge in [-0.25, -0.2) is 24.7 Å². The van der Waals surface area contributed by atoms with Gasteiger partial charge in [-0.2, -0.15) is 0 Å². The Morgan fingerprint density at radius 2 is 1.71 bits per heavy atom. The van der Waals surface area contributed by atoms with Crippen LogP contribution < -0.4 is 21.5 Å². The van der Waals surface area contributed by atoms with E-state index in [1.807, 2.05) is 0 Å². The number of Topliss-reactive ketones (excluding diaryl/α,β-unsaturated/α-hetero) is 1. The summed E-state index contributed by atoms with van der Waals surface area (Å²) in [4.78, 5) is 70.2. The molecule has 0 aromatic carbocycles. The minimum atomic E-state index is -0.677. The van der Waals surface area contributed by atoms with E-state index in [0.717, 1.165) is 30.5 Å². The molecule has 0 unspecified atom stereocenters. The van der Waals surface area contributed by atoms with Crippen molar-refractivity contribution in [1.82, 2.24) is 33.6 Å². The van der Waals surface area contributed by atoms with Crippen molar-refractivity contribution in [3.8, 4) is 11.3 Å². The van der Waals surface area contributed by atoms with Gasteiger partial charge in [0, 0.05) is 38.1 Å². The van der Waals surface area contributed by atoms with Gasteiger partial charge >= 0.3 is 5.69 Å². The molecule has 13 nitrogen and oxygen atoms in total. The van der Waals surface area contributed by atoms with Crippen LogP contribution in [0.2, 0.25) is 0 Å². The Morgan fingerprint density at radius 1 is 1.00 bits per heavy atom. The van der Waals surface area contributed by atoms with Crippen LogP contribution in [0.4, 0.5) is 11.8 Å². The van der Waals surface area contributed by atoms with Crippen molar-refractivity contribution in [2.75, 3.05) is 23.3 Å². The van der Waals surface area contributed by atoms with Crippen molar-refractivity contribution >= 4 is 34.6 Å². The molecule has 0 atom stereocenters. The van der Waals surface area contributed by atoms with Gasteiger partial charge in [0.15, 0.2) is 11.2 Å². The van der Waals surface area contributed by atoms with Gasteiger partial charge in [0.25, 0.3) is 5.56 Å². The molecule has 0 saturated carbocycles. The van der Waals surface area contributed by atoms with Gasteiger partial charge in [-0.05, 0) is 38.8 Å². The van der Waals surface area contributed by atoms with Gasteiger partial charge in [0.2, 0.25) is 11.9 Å². The molecule has 1 aliphatic rings. The Hall–Kier alpha value is -4.68. The average Bonchev–Trinajstić information content (AvgIpc) is 3.54. The SMILES string of the molecule is CC(=O)Cn1c(=O)c2c(nc(C)n2CC(=O)Nc2cccc(-c3cnc(N4CCCC4)nc3)n2)n(C)c1=O. The molecule has 0 aliphatic carbocycles. The highest BCUT2D eigenvalue weighted by Crippen LogP contribution is 2.21. The molecule has 0 bridgehead atoms. The molecule has 0 radical (unpaired) electrons. The fourth-order valence-corrected chi connectivity index (χ4v) is 4.56. The van der Waals surface area contributed by atoms with Crippen LogP contribution >= 0.6 is 0 Å². The van der Waals surface area contributed by atoms with E-state index in [4.69, 9.17) is 0 Å². The van der Waals surface area contributed by atoms with E-state index < -0.39 is 17.2 Å². The second-order valence-electron chi connectivity index (χ2n) is 9.27. The lowest BCUT2D eigenvalue weighted by molar-refractivity contribution is -0.118. The summed E-state index contributed by atoms with van der Waals surface area (Å²) in [5, 5.41) is 2.75. The number of pyridine rings is 1. The summed E-state index contributed by atoms with van der Waals surface area (Å²) >= 11 is 0. The molecular weight excluding hydrogens is 490 g/mol. The first-order valence-corrected chi connectivity index (χ1v) is 12.2. The monoisotopic (exact) mass is 517 g/mol. The zero-order chi connectivity index (χ0) is 27.0. The molecule has 4 aromatic rings. The van der Waals surface area contributed by atoms with Crippen LogP contribution in [-0.2, 0) is 29.7 Å². The molecule has 13 heteroatoms. The van der Waals surface area contributed by atoms with Gasteiger partial charge in [-0.1, -0.05) is 6.07 Å². The van der Waals surface area contributed by atoms with Crippen LogP contribution in [0.15, 0.2) is 40.2 Å². The van der Waals surface area contributed by atoms with Crippen molar-refractivity contribution in [2.24, 2.45) is 7.05 Å². The zero-order valence-electron chi connectivity index (χ0n) is 21.3. The quantitative estimate of drug-likeness (QED) is 0.377. The molecule has 5 heterocycles. The van der Waals surface area contributed by atoms with Gasteiger partial charge in [-0.15, -0.1) is 0 Å². The second-order valence-corrected chi connectivity index (χ2v) is 9.27. The van der Waals surface area contributed by atoms with E-state index in [1.54, 1.807) is 37.5 Å². The fourth-order valence-electron chi connectivity index (χ4n) is 4.56. The molecule has 196 valence electrons. The highest BCUT2D eigenvalue weighted by molar-refractivity contribution is 5.91. The lowest BCUT2D eigenvalue weighted by Gasteiger charge is -2.14. The molecule has 1 aliphatic heterocycles. The Kier molecular flexibility index (Phi) is 6.57. The standard InChI is InChI=1S/C25H27N9O4/c1-15(35)13-34-23(37)21-22(31(3)25(34)38)28-16(2)33(21)14-20(36)30-19-8-6-7-18(29-19)17-11-26-24(27-12-17)32-9-4-5-10-32/h6-8,11-12H,4-5,9-10,13-14H2,1-3H3,(H,29,30,36). The first-order chi connectivity index (χ1) is 18.2. The minimum Gasteiger partial charge on any atom is -0.341 e. The number of ketones is 1. The maximum atomic E-state index is 13.1. The second kappa shape index (κ2) is 10.00. The molecular formula is C25H27N9O4. The molecule has 1 N–H and O–H groups in total. The van der Waals surface area contributed by atoms with Crippen molar-refractivity contribution in [3.63, 3.8) is 0 Å². The number of hydrogen-bond acceptors (Lipinski definition) is 9. The van der Waals surface area contributed by atoms with Crippen LogP contribution in [0, 0.1) is 6.92 Å². The Morgan fingerprint density at radius 3 is 2.39 bits per heavy atom. The third-order valence-electron chi connectivity index (χ3n) is 6.45. The number of nitrogens with zero attached hydrogens (tertiary/aromatic N) is 8. The summed E-state index contributed by atoms with van der Waals surface area (Å²) in [6.07, 6.45) is 5.70. The third-order valence-corrected chi connectivity index (χ3v) is 6.45. The van der Waals surface area contributed by atoms with Gasteiger partial charge in [0.1, 0.15) is 24.0 Å². The van der Waals surface area contributed by atoms with Crippen molar-refractivity contribution in [1.29, 1.82) is 0 Å². The maximum absolute atomic E-state index is 13.1. The van der Waals surface area contributed by atoms with Crippen LogP contribution in [-0.4, -0.2) is 58.4 Å². The number of hydrogen-bond donors (Lipinski definition) is 1. The van der Waals surface area contributed by atoms with E-state index >= 15 is 0 Å². The summed E-state index contributed by atoms with van der Waals surface area (Å²) in [5.74, 6) is 0.605. The largest absolute Gasteiger partial charge is 0.341 e. The molecule has 1 amide bonds. The topological polar surface area (TPSA) is 150 Å². The number of aryl methyl sites for hydroxylation is 2. The number of amides is 1. The maximum Gasteiger partial charge on any atom is 0.332 e. The number of carbonyl (C=O) groups is 2. The van der Waals surface area contributed by atoms with Crippen molar-refractivity contribution in [3.05, 3.63) is 57.3 Å². The van der Waals surface area contributed by atoms with Gasteiger partial charge < -0.3 is 14.8 Å². The predicted molar refractivity (Wildman–Crippen MR) is 140 cm³/mol. The molecule has 1 saturated heterocycles. The summed E-state index contributed by atoms with van der Waals surface area (Å²) in [7, 11) is 1.47. The van der Waals surface area contributed by atoms with E-state index in [0.29, 0.717) is 28.8 Å². The summed E-state index contributed by atoms with van der Waals surface area (Å²) in [6.45, 7) is 4.22. The molecule has 4 aromatic heterocycles. The Bertz CT molecular complexity index is 1660. The number of imidazole rings is 1. The number of rotatable bonds is 7. The van der Waals surface area contributed by atoms with Crippen LogP contribution in [0.1, 0.15) is 25.6 Å². The molecule has 5 rings (SSSR count). The van der Waals surface area contributed by atoms with Crippen LogP contribution in [0.25, 0.3) is 22.4 Å². The molecule has 38 heavy (non-hydrogen) atoms. The fraction of sp³-hybridized carbons (Fsp3) is 0.360. The van der Waals surface area contributed by atoms with Crippen molar-refractivity contribution < 1.29 is 9.59 Å².